The third-order valence-corrected chi connectivity index (χ3v) is 6.20. The van der Waals surface area contributed by atoms with E-state index in [4.69, 9.17) is 4.74 Å². The van der Waals surface area contributed by atoms with Crippen molar-refractivity contribution in [3.05, 3.63) is 0 Å². The molecule has 0 aromatic carbocycles. The van der Waals surface area contributed by atoms with Crippen molar-refractivity contribution in [2.24, 2.45) is 5.92 Å². The van der Waals surface area contributed by atoms with Crippen LogP contribution in [-0.2, 0) is 15.5 Å². The second-order valence-electron chi connectivity index (χ2n) is 5.32. The zero-order chi connectivity index (χ0) is 12.3. The summed E-state index contributed by atoms with van der Waals surface area (Å²) in [6.07, 6.45) is 4.79. The number of hydrogen-bond acceptors (Lipinski definition) is 3. The van der Waals surface area contributed by atoms with Crippen molar-refractivity contribution in [2.75, 3.05) is 18.9 Å². The lowest BCUT2D eigenvalue weighted by molar-refractivity contribution is 0.128. The Labute approximate surface area is 107 Å². The van der Waals surface area contributed by atoms with E-state index < -0.39 is 10.8 Å². The molecule has 2 aliphatic rings. The summed E-state index contributed by atoms with van der Waals surface area (Å²) >= 11 is 0. The molecule has 5 atom stereocenters. The number of rotatable bonds is 5. The second-order valence-corrected chi connectivity index (χ2v) is 7.02. The first-order valence-corrected chi connectivity index (χ1v) is 8.32. The summed E-state index contributed by atoms with van der Waals surface area (Å²) < 4.78 is 17.9. The van der Waals surface area contributed by atoms with Gasteiger partial charge >= 0.3 is 0 Å². The minimum atomic E-state index is -0.705. The fraction of sp³-hybridized carbons (Fsp3) is 1.00. The second kappa shape index (κ2) is 6.30. The van der Waals surface area contributed by atoms with Crippen LogP contribution in [0.3, 0.4) is 0 Å². The van der Waals surface area contributed by atoms with Gasteiger partial charge in [-0.25, -0.2) is 0 Å². The maximum Gasteiger partial charge on any atom is 0.0691 e. The van der Waals surface area contributed by atoms with Gasteiger partial charge in [0.2, 0.25) is 0 Å². The molecular formula is C13H25NO2S. The van der Waals surface area contributed by atoms with Crippen LogP contribution in [0.1, 0.15) is 39.5 Å². The van der Waals surface area contributed by atoms with Crippen LogP contribution < -0.4 is 5.32 Å². The van der Waals surface area contributed by atoms with Crippen molar-refractivity contribution in [1.82, 2.24) is 5.32 Å². The van der Waals surface area contributed by atoms with Crippen molar-refractivity contribution in [1.29, 1.82) is 0 Å². The molecule has 1 N–H and O–H groups in total. The van der Waals surface area contributed by atoms with E-state index in [0.717, 1.165) is 38.2 Å². The van der Waals surface area contributed by atoms with Gasteiger partial charge in [0.05, 0.1) is 11.9 Å². The monoisotopic (exact) mass is 259 g/mol. The molecule has 4 heteroatoms. The maximum absolute atomic E-state index is 12.4. The summed E-state index contributed by atoms with van der Waals surface area (Å²) in [5.41, 5.74) is 0. The Morgan fingerprint density at radius 1 is 1.35 bits per heavy atom. The van der Waals surface area contributed by atoms with Gasteiger partial charge in [-0.2, -0.15) is 0 Å². The van der Waals surface area contributed by atoms with E-state index in [1.807, 2.05) is 0 Å². The van der Waals surface area contributed by atoms with Crippen LogP contribution in [0.5, 0.6) is 0 Å². The lowest BCUT2D eigenvalue weighted by Crippen LogP contribution is -2.36. The molecule has 5 unspecified atom stereocenters. The van der Waals surface area contributed by atoms with Gasteiger partial charge in [-0.15, -0.1) is 0 Å². The van der Waals surface area contributed by atoms with Gasteiger partial charge in [0, 0.05) is 28.7 Å². The SMILES string of the molecule is CCNC1CCC(S(=O)CC2CCCO2)C1C. The first kappa shape index (κ1) is 13.5. The lowest BCUT2D eigenvalue weighted by Gasteiger charge is -2.22. The van der Waals surface area contributed by atoms with Gasteiger partial charge in [-0.3, -0.25) is 4.21 Å². The third-order valence-electron chi connectivity index (χ3n) is 4.16. The third kappa shape index (κ3) is 3.30. The number of nitrogens with one attached hydrogen (secondary N) is 1. The topological polar surface area (TPSA) is 38.3 Å². The Hall–Kier alpha value is 0.0700. The molecule has 0 amide bonds. The summed E-state index contributed by atoms with van der Waals surface area (Å²) in [6.45, 7) is 6.27. The largest absolute Gasteiger partial charge is 0.377 e. The van der Waals surface area contributed by atoms with E-state index in [9.17, 15) is 4.21 Å². The van der Waals surface area contributed by atoms with E-state index in [1.165, 1.54) is 6.42 Å². The minimum Gasteiger partial charge on any atom is -0.377 e. The smallest absolute Gasteiger partial charge is 0.0691 e. The molecule has 1 saturated carbocycles. The van der Waals surface area contributed by atoms with E-state index >= 15 is 0 Å². The first-order chi connectivity index (χ1) is 8.22. The predicted molar refractivity (Wildman–Crippen MR) is 71.6 cm³/mol. The fourth-order valence-electron chi connectivity index (χ4n) is 3.13. The quantitative estimate of drug-likeness (QED) is 0.816. The Morgan fingerprint density at radius 3 is 2.82 bits per heavy atom. The fourth-order valence-corrected chi connectivity index (χ4v) is 5.08. The average Bonchev–Trinajstić information content (AvgIpc) is 2.91. The summed E-state index contributed by atoms with van der Waals surface area (Å²) in [7, 11) is -0.705. The molecule has 1 saturated heterocycles. The summed E-state index contributed by atoms with van der Waals surface area (Å²) in [5.74, 6) is 1.30. The van der Waals surface area contributed by atoms with Gasteiger partial charge in [0.15, 0.2) is 0 Å². The highest BCUT2D eigenvalue weighted by molar-refractivity contribution is 7.85. The maximum atomic E-state index is 12.4. The van der Waals surface area contributed by atoms with Gasteiger partial charge in [0.25, 0.3) is 0 Å². The number of hydrogen-bond donors (Lipinski definition) is 1. The Bertz CT molecular complexity index is 266. The normalized spacial score (nSPS) is 39.6. The zero-order valence-electron chi connectivity index (χ0n) is 11.0. The van der Waals surface area contributed by atoms with E-state index in [2.05, 4.69) is 19.2 Å². The molecule has 17 heavy (non-hydrogen) atoms. The highest BCUT2D eigenvalue weighted by Gasteiger charge is 2.36. The first-order valence-electron chi connectivity index (χ1n) is 6.94. The predicted octanol–water partition coefficient (Wildman–Crippen LogP) is 1.69. The van der Waals surface area contributed by atoms with Crippen molar-refractivity contribution >= 4 is 10.8 Å². The van der Waals surface area contributed by atoms with Gasteiger partial charge in [0.1, 0.15) is 0 Å². The van der Waals surface area contributed by atoms with Gasteiger partial charge < -0.3 is 10.1 Å². The van der Waals surface area contributed by atoms with Crippen LogP contribution in [0.15, 0.2) is 0 Å². The van der Waals surface area contributed by atoms with Crippen molar-refractivity contribution in [2.45, 2.75) is 56.9 Å². The van der Waals surface area contributed by atoms with Crippen LogP contribution in [0, 0.1) is 5.92 Å². The summed E-state index contributed by atoms with van der Waals surface area (Å²) in [6, 6.07) is 0.568. The van der Waals surface area contributed by atoms with Crippen LogP contribution in [0.2, 0.25) is 0 Å². The molecule has 100 valence electrons. The summed E-state index contributed by atoms with van der Waals surface area (Å²) in [5, 5.41) is 3.89. The highest BCUT2D eigenvalue weighted by atomic mass is 32.2. The molecule has 0 aromatic rings. The lowest BCUT2D eigenvalue weighted by atomic mass is 10.1. The molecule has 1 heterocycles. The average molecular weight is 259 g/mol. The molecule has 0 radical (unpaired) electrons. The highest BCUT2D eigenvalue weighted by Crippen LogP contribution is 2.31. The molecule has 3 nitrogen and oxygen atoms in total. The Balaban J connectivity index is 1.83. The molecule has 1 aliphatic heterocycles. The molecule has 1 aliphatic carbocycles. The van der Waals surface area contributed by atoms with Crippen molar-refractivity contribution < 1.29 is 8.95 Å². The van der Waals surface area contributed by atoms with Crippen molar-refractivity contribution in [3.63, 3.8) is 0 Å². The van der Waals surface area contributed by atoms with E-state index in [1.54, 1.807) is 0 Å². The molecule has 0 spiro atoms. The molecule has 0 aromatic heterocycles. The Morgan fingerprint density at radius 2 is 2.18 bits per heavy atom. The molecular weight excluding hydrogens is 234 g/mol. The molecule has 2 rings (SSSR count). The van der Waals surface area contributed by atoms with Crippen LogP contribution in [-0.4, -0.2) is 40.5 Å². The van der Waals surface area contributed by atoms with Crippen molar-refractivity contribution in [3.8, 4) is 0 Å². The molecule has 0 bridgehead atoms. The van der Waals surface area contributed by atoms with E-state index in [-0.39, 0.29) is 6.10 Å². The van der Waals surface area contributed by atoms with Crippen LogP contribution >= 0.6 is 0 Å². The van der Waals surface area contributed by atoms with Gasteiger partial charge in [-0.1, -0.05) is 13.8 Å². The van der Waals surface area contributed by atoms with Crippen LogP contribution in [0.4, 0.5) is 0 Å². The van der Waals surface area contributed by atoms with Gasteiger partial charge in [-0.05, 0) is 38.1 Å². The van der Waals surface area contributed by atoms with Crippen LogP contribution in [0.25, 0.3) is 0 Å². The Kier molecular flexibility index (Phi) is 5.00. The number of ether oxygens (including phenoxy) is 1. The zero-order valence-corrected chi connectivity index (χ0v) is 11.8. The summed E-state index contributed by atoms with van der Waals surface area (Å²) in [4.78, 5) is 0. The minimum absolute atomic E-state index is 0.265. The molecule has 2 fully saturated rings. The standard InChI is InChI=1S/C13H25NO2S/c1-3-14-12-6-7-13(10(12)2)17(15)9-11-5-4-8-16-11/h10-14H,3-9H2,1-2H3. The van der Waals surface area contributed by atoms with E-state index in [0.29, 0.717) is 17.2 Å².